The molecule has 168 valence electrons. The van der Waals surface area contributed by atoms with E-state index < -0.39 is 16.8 Å². The summed E-state index contributed by atoms with van der Waals surface area (Å²) in [5.41, 5.74) is 2.59. The van der Waals surface area contributed by atoms with Gasteiger partial charge in [-0.3, -0.25) is 14.9 Å². The molecule has 0 saturated heterocycles. The summed E-state index contributed by atoms with van der Waals surface area (Å²) >= 11 is 5.88. The van der Waals surface area contributed by atoms with E-state index in [0.717, 1.165) is 10.8 Å². The molecule has 0 heterocycles. The number of nitrogens with zero attached hydrogens (tertiary/aromatic N) is 2. The molecule has 0 atom stereocenters. The summed E-state index contributed by atoms with van der Waals surface area (Å²) in [7, 11) is 0. The number of ether oxygens (including phenoxy) is 1. The van der Waals surface area contributed by atoms with Gasteiger partial charge in [-0.15, -0.1) is 0 Å². The Labute approximate surface area is 198 Å². The van der Waals surface area contributed by atoms with Crippen molar-refractivity contribution in [2.75, 3.05) is 0 Å². The molecule has 4 aromatic carbocycles. The van der Waals surface area contributed by atoms with Crippen LogP contribution in [0, 0.1) is 10.1 Å². The van der Waals surface area contributed by atoms with E-state index in [0.29, 0.717) is 16.1 Å². The number of rotatable bonds is 6. The molecule has 8 nitrogen and oxygen atoms in total. The Morgan fingerprint density at radius 1 is 0.941 bits per heavy atom. The third-order valence-corrected chi connectivity index (χ3v) is 5.17. The predicted molar refractivity (Wildman–Crippen MR) is 129 cm³/mol. The van der Waals surface area contributed by atoms with Gasteiger partial charge in [-0.2, -0.15) is 5.10 Å². The zero-order valence-corrected chi connectivity index (χ0v) is 18.2. The second-order valence-corrected chi connectivity index (χ2v) is 7.50. The van der Waals surface area contributed by atoms with Gasteiger partial charge >= 0.3 is 5.97 Å². The molecule has 4 aromatic rings. The van der Waals surface area contributed by atoms with Crippen LogP contribution < -0.4 is 10.2 Å². The van der Waals surface area contributed by atoms with E-state index in [1.165, 1.54) is 30.5 Å². The van der Waals surface area contributed by atoms with Crippen molar-refractivity contribution in [2.45, 2.75) is 0 Å². The van der Waals surface area contributed by atoms with Crippen LogP contribution in [-0.2, 0) is 0 Å². The predicted octanol–water partition coefficient (Wildman–Crippen LogP) is 5.38. The number of carbonyl (C=O) groups excluding carboxylic acids is 2. The Balaban J connectivity index is 1.64. The maximum Gasteiger partial charge on any atom is 0.343 e. The van der Waals surface area contributed by atoms with Gasteiger partial charge in [0.05, 0.1) is 16.7 Å². The highest BCUT2D eigenvalue weighted by molar-refractivity contribution is 6.30. The van der Waals surface area contributed by atoms with Crippen LogP contribution in [-0.4, -0.2) is 23.0 Å². The molecule has 0 bridgehead atoms. The fourth-order valence-corrected chi connectivity index (χ4v) is 3.41. The quantitative estimate of drug-likeness (QED) is 0.133. The Morgan fingerprint density at radius 3 is 2.41 bits per heavy atom. The number of fused-ring (bicyclic) bond motifs is 1. The molecular weight excluding hydrogens is 458 g/mol. The average molecular weight is 474 g/mol. The third-order valence-electron chi connectivity index (χ3n) is 4.92. The van der Waals surface area contributed by atoms with E-state index in [4.69, 9.17) is 16.3 Å². The number of benzene rings is 4. The molecule has 34 heavy (non-hydrogen) atoms. The lowest BCUT2D eigenvalue weighted by Crippen LogP contribution is -2.19. The molecule has 1 N–H and O–H groups in total. The first-order chi connectivity index (χ1) is 16.4. The molecule has 9 heteroatoms. The monoisotopic (exact) mass is 473 g/mol. The van der Waals surface area contributed by atoms with E-state index in [9.17, 15) is 19.7 Å². The van der Waals surface area contributed by atoms with Crippen molar-refractivity contribution in [1.82, 2.24) is 5.43 Å². The normalized spacial score (nSPS) is 10.9. The van der Waals surface area contributed by atoms with E-state index in [1.54, 1.807) is 36.4 Å². The van der Waals surface area contributed by atoms with Gasteiger partial charge in [-0.05, 0) is 47.2 Å². The minimum atomic E-state index is -0.747. The van der Waals surface area contributed by atoms with Crippen LogP contribution in [0.15, 0.2) is 90.0 Å². The summed E-state index contributed by atoms with van der Waals surface area (Å²) in [6, 6.07) is 22.6. The lowest BCUT2D eigenvalue weighted by atomic mass is 10.0. The van der Waals surface area contributed by atoms with Crippen molar-refractivity contribution < 1.29 is 19.2 Å². The van der Waals surface area contributed by atoms with Crippen molar-refractivity contribution in [1.29, 1.82) is 0 Å². The van der Waals surface area contributed by atoms with Gasteiger partial charge in [0.2, 0.25) is 0 Å². The van der Waals surface area contributed by atoms with Crippen LogP contribution in [0.4, 0.5) is 5.69 Å². The number of para-hydroxylation sites is 1. The molecule has 4 rings (SSSR count). The van der Waals surface area contributed by atoms with Crippen LogP contribution in [0.1, 0.15) is 26.3 Å². The van der Waals surface area contributed by atoms with Gasteiger partial charge in [-0.1, -0.05) is 54.1 Å². The van der Waals surface area contributed by atoms with Crippen LogP contribution >= 0.6 is 11.6 Å². The second-order valence-electron chi connectivity index (χ2n) is 7.07. The third kappa shape index (κ3) is 4.92. The standard InChI is InChI=1S/C25H16ClN3O5/c26-18-12-9-17(10-13-18)25(31)34-23-14-11-16-5-1-2-6-19(16)21(23)15-27-28-24(30)20-7-3-4-8-22(20)29(32)33/h1-15H,(H,28,30). The van der Waals surface area contributed by atoms with Gasteiger partial charge in [0.1, 0.15) is 11.3 Å². The molecule has 0 saturated carbocycles. The van der Waals surface area contributed by atoms with E-state index >= 15 is 0 Å². The van der Waals surface area contributed by atoms with Crippen LogP contribution in [0.25, 0.3) is 10.8 Å². The number of nitrogens with one attached hydrogen (secondary N) is 1. The summed E-state index contributed by atoms with van der Waals surface area (Å²) in [5, 5.41) is 17.2. The summed E-state index contributed by atoms with van der Waals surface area (Å²) in [5.74, 6) is -1.11. The van der Waals surface area contributed by atoms with Gasteiger partial charge in [-0.25, -0.2) is 10.2 Å². The first-order valence-electron chi connectivity index (χ1n) is 10.0. The molecule has 0 unspecified atom stereocenters. The van der Waals surface area contributed by atoms with Gasteiger partial charge in [0.25, 0.3) is 11.6 Å². The zero-order chi connectivity index (χ0) is 24.1. The van der Waals surface area contributed by atoms with Gasteiger partial charge in [0, 0.05) is 16.7 Å². The SMILES string of the molecule is O=C(Oc1ccc2ccccc2c1C=NNC(=O)c1ccccc1[N+](=O)[O-])c1ccc(Cl)cc1. The number of hydrogen-bond donors (Lipinski definition) is 1. The number of amides is 1. The maximum atomic E-state index is 12.6. The van der Waals surface area contributed by atoms with Crippen molar-refractivity contribution in [3.63, 3.8) is 0 Å². The highest BCUT2D eigenvalue weighted by Gasteiger charge is 2.19. The van der Waals surface area contributed by atoms with Crippen molar-refractivity contribution in [3.8, 4) is 5.75 Å². The molecule has 0 spiro atoms. The molecule has 0 aliphatic heterocycles. The number of nitro benzene ring substituents is 1. The maximum absolute atomic E-state index is 12.6. The minimum absolute atomic E-state index is 0.128. The number of hydrogen-bond acceptors (Lipinski definition) is 6. The Bertz CT molecular complexity index is 1430. The summed E-state index contributed by atoms with van der Waals surface area (Å²) < 4.78 is 5.60. The van der Waals surface area contributed by atoms with Crippen molar-refractivity contribution in [3.05, 3.63) is 117 Å². The number of carbonyl (C=O) groups is 2. The first-order valence-corrected chi connectivity index (χ1v) is 10.4. The van der Waals surface area contributed by atoms with E-state index in [1.807, 2.05) is 24.3 Å². The Morgan fingerprint density at radius 2 is 1.65 bits per heavy atom. The zero-order valence-electron chi connectivity index (χ0n) is 17.5. The topological polar surface area (TPSA) is 111 Å². The van der Waals surface area contributed by atoms with Crippen LogP contribution in [0.5, 0.6) is 5.75 Å². The smallest absolute Gasteiger partial charge is 0.343 e. The molecule has 0 aromatic heterocycles. The number of nitro groups is 1. The molecule has 0 radical (unpaired) electrons. The molecule has 0 fully saturated rings. The molecular formula is C25H16ClN3O5. The fraction of sp³-hybridized carbons (Fsp3) is 0. The molecule has 1 amide bonds. The second kappa shape index (κ2) is 9.93. The molecule has 0 aliphatic carbocycles. The van der Waals surface area contributed by atoms with Crippen LogP contribution in [0.2, 0.25) is 5.02 Å². The Hall–Kier alpha value is -4.56. The number of esters is 1. The van der Waals surface area contributed by atoms with E-state index in [2.05, 4.69) is 10.5 Å². The summed E-state index contributed by atoms with van der Waals surface area (Å²) in [6.07, 6.45) is 1.33. The Kier molecular flexibility index (Phi) is 6.61. The number of halogens is 1. The van der Waals surface area contributed by atoms with Crippen molar-refractivity contribution in [2.24, 2.45) is 5.10 Å². The van der Waals surface area contributed by atoms with Crippen molar-refractivity contribution >= 4 is 46.2 Å². The lowest BCUT2D eigenvalue weighted by molar-refractivity contribution is -0.385. The number of hydrazone groups is 1. The molecule has 0 aliphatic rings. The van der Waals surface area contributed by atoms with E-state index in [-0.39, 0.29) is 17.0 Å². The highest BCUT2D eigenvalue weighted by atomic mass is 35.5. The summed E-state index contributed by atoms with van der Waals surface area (Å²) in [4.78, 5) is 35.7. The largest absolute Gasteiger partial charge is 0.422 e. The van der Waals surface area contributed by atoms with Crippen LogP contribution in [0.3, 0.4) is 0 Å². The highest BCUT2D eigenvalue weighted by Crippen LogP contribution is 2.27. The fourth-order valence-electron chi connectivity index (χ4n) is 3.28. The van der Waals surface area contributed by atoms with Gasteiger partial charge < -0.3 is 4.74 Å². The first kappa shape index (κ1) is 22.6. The average Bonchev–Trinajstić information content (AvgIpc) is 2.85. The lowest BCUT2D eigenvalue weighted by Gasteiger charge is -2.10. The minimum Gasteiger partial charge on any atom is -0.422 e. The van der Waals surface area contributed by atoms with Gasteiger partial charge in [0.15, 0.2) is 0 Å². The summed E-state index contributed by atoms with van der Waals surface area (Å²) in [6.45, 7) is 0.